The molecule has 92 valence electrons. The molecule has 0 aliphatic heterocycles. The topological polar surface area (TPSA) is 26.3 Å². The molecule has 0 N–H and O–H groups in total. The van der Waals surface area contributed by atoms with Crippen LogP contribution >= 0.6 is 0 Å². The zero-order chi connectivity index (χ0) is 16.8. The van der Waals surface area contributed by atoms with Gasteiger partial charge in [0.25, 0.3) is 0 Å². The largest absolute Gasteiger partial charge is 0.501 e. The molecular weight excluding hydrogens is 212 g/mol. The summed E-state index contributed by atoms with van der Waals surface area (Å²) >= 11 is 0. The van der Waals surface area contributed by atoms with Crippen LogP contribution in [0.15, 0.2) is 42.2 Å². The van der Waals surface area contributed by atoms with Gasteiger partial charge >= 0.3 is 0 Å². The Kier molecular flexibility index (Phi) is 3.47. The second-order valence-corrected chi connectivity index (χ2v) is 3.62. The van der Waals surface area contributed by atoms with Crippen LogP contribution in [0.4, 0.5) is 0 Å². The molecule has 0 atom stereocenters. The van der Waals surface area contributed by atoms with E-state index >= 15 is 0 Å². The zero-order valence-corrected chi connectivity index (χ0v) is 9.90. The van der Waals surface area contributed by atoms with Gasteiger partial charge in [-0.2, -0.15) is 0 Å². The Balaban J connectivity index is 3.09. The number of hydrogen-bond donors (Lipinski definition) is 0. The molecule has 0 saturated heterocycles. The number of methoxy groups -OCH3 is 1. The van der Waals surface area contributed by atoms with Crippen molar-refractivity contribution in [2.75, 3.05) is 7.04 Å². The van der Waals surface area contributed by atoms with Crippen LogP contribution in [0.2, 0.25) is 0 Å². The van der Waals surface area contributed by atoms with Crippen molar-refractivity contribution >= 4 is 5.78 Å². The van der Waals surface area contributed by atoms with Crippen LogP contribution in [-0.2, 0) is 4.74 Å². The van der Waals surface area contributed by atoms with E-state index in [4.69, 9.17) is 11.6 Å². The molecular formula is C15H20O2. The predicted octanol–water partition coefficient (Wildman–Crippen LogP) is 3.98. The van der Waals surface area contributed by atoms with Gasteiger partial charge in [0.05, 0.1) is 16.9 Å². The zero-order valence-electron chi connectivity index (χ0n) is 14.9. The molecule has 17 heavy (non-hydrogen) atoms. The summed E-state index contributed by atoms with van der Waals surface area (Å²) in [6.07, 6.45) is 0.348. The lowest BCUT2D eigenvalue weighted by Crippen LogP contribution is -1.98. The van der Waals surface area contributed by atoms with E-state index < -0.39 is 25.0 Å². The minimum absolute atomic E-state index is 0.0908. The number of carbonyl (C=O) groups excluding carboxylic acids is 1. The van der Waals surface area contributed by atoms with Crippen LogP contribution in [0.25, 0.3) is 0 Å². The maximum atomic E-state index is 12.2. The van der Waals surface area contributed by atoms with E-state index in [1.54, 1.807) is 30.3 Å². The molecule has 0 heterocycles. The Morgan fingerprint density at radius 3 is 2.82 bits per heavy atom. The highest BCUT2D eigenvalue weighted by atomic mass is 16.5. The first kappa shape index (κ1) is 7.70. The highest BCUT2D eigenvalue weighted by Crippen LogP contribution is 2.11. The molecule has 0 spiro atoms. The first-order valence-corrected chi connectivity index (χ1v) is 5.66. The predicted molar refractivity (Wildman–Crippen MR) is 70.0 cm³/mol. The van der Waals surface area contributed by atoms with Crippen molar-refractivity contribution in [3.8, 4) is 0 Å². The summed E-state index contributed by atoms with van der Waals surface area (Å²) in [5, 5.41) is 0. The van der Waals surface area contributed by atoms with E-state index in [0.29, 0.717) is 12.0 Å². The van der Waals surface area contributed by atoms with Gasteiger partial charge in [-0.1, -0.05) is 50.1 Å². The maximum absolute atomic E-state index is 12.2. The molecule has 0 fully saturated rings. The molecule has 0 amide bonds. The fourth-order valence-electron chi connectivity index (χ4n) is 1.31. The van der Waals surface area contributed by atoms with Gasteiger partial charge in [0.1, 0.15) is 0 Å². The normalized spacial score (nSPS) is 17.2. The third-order valence-corrected chi connectivity index (χ3v) is 2.26. The molecule has 1 aromatic carbocycles. The van der Waals surface area contributed by atoms with Gasteiger partial charge in [0.15, 0.2) is 5.78 Å². The molecule has 2 heteroatoms. The number of rotatable bonds is 7. The van der Waals surface area contributed by atoms with E-state index in [-0.39, 0.29) is 6.42 Å². The highest BCUT2D eigenvalue weighted by molar-refractivity contribution is 6.04. The Labute approximate surface area is 110 Å². The molecule has 1 rings (SSSR count). The SMILES string of the molecule is [2H]C([2H])([2H])O/C(=C/C(=O)c1ccccc1)C([2H])([2H])CCCC. The fourth-order valence-corrected chi connectivity index (χ4v) is 1.31. The number of benzene rings is 1. The number of unbranched alkanes of at least 4 members (excludes halogenated alkanes) is 1. The van der Waals surface area contributed by atoms with E-state index in [2.05, 4.69) is 0 Å². The lowest BCUT2D eigenvalue weighted by Gasteiger charge is -2.05. The number of ketones is 1. The number of allylic oxidation sites excluding steroid dienone is 2. The van der Waals surface area contributed by atoms with Gasteiger partial charge in [-0.15, -0.1) is 0 Å². The Morgan fingerprint density at radius 2 is 2.18 bits per heavy atom. The minimum Gasteiger partial charge on any atom is -0.501 e. The molecule has 0 saturated carbocycles. The molecule has 0 bridgehead atoms. The van der Waals surface area contributed by atoms with Crippen LogP contribution < -0.4 is 0 Å². The van der Waals surface area contributed by atoms with Crippen LogP contribution in [0.1, 0.15) is 49.8 Å². The quantitative estimate of drug-likeness (QED) is 0.407. The van der Waals surface area contributed by atoms with Crippen molar-refractivity contribution in [3.05, 3.63) is 47.7 Å². The third kappa shape index (κ3) is 4.85. The van der Waals surface area contributed by atoms with Crippen molar-refractivity contribution in [2.45, 2.75) is 32.6 Å². The minimum atomic E-state index is -2.80. The van der Waals surface area contributed by atoms with Crippen molar-refractivity contribution in [2.24, 2.45) is 0 Å². The van der Waals surface area contributed by atoms with Crippen molar-refractivity contribution < 1.29 is 16.4 Å². The second kappa shape index (κ2) is 7.66. The van der Waals surface area contributed by atoms with E-state index in [0.717, 1.165) is 12.5 Å². The van der Waals surface area contributed by atoms with Crippen LogP contribution in [0, 0.1) is 0 Å². The summed E-state index contributed by atoms with van der Waals surface area (Å²) in [6.45, 7) is 1.90. The number of hydrogen-bond acceptors (Lipinski definition) is 2. The maximum Gasteiger partial charge on any atom is 0.189 e. The van der Waals surface area contributed by atoms with E-state index in [1.165, 1.54) is 0 Å². The van der Waals surface area contributed by atoms with Crippen molar-refractivity contribution in [1.82, 2.24) is 0 Å². The lowest BCUT2D eigenvalue weighted by atomic mass is 10.1. The summed E-state index contributed by atoms with van der Waals surface area (Å²) in [7, 11) is -2.80. The first-order chi connectivity index (χ1) is 10.2. The third-order valence-electron chi connectivity index (χ3n) is 2.26. The summed E-state index contributed by atoms with van der Waals surface area (Å²) in [5.74, 6) is -0.935. The Morgan fingerprint density at radius 1 is 1.41 bits per heavy atom. The van der Waals surface area contributed by atoms with Gasteiger partial charge < -0.3 is 4.74 Å². The van der Waals surface area contributed by atoms with E-state index in [1.807, 2.05) is 6.92 Å². The average molecular weight is 237 g/mol. The summed E-state index contributed by atoms with van der Waals surface area (Å²) in [4.78, 5) is 12.2. The Bertz CT molecular complexity index is 520. The van der Waals surface area contributed by atoms with E-state index in [9.17, 15) is 4.79 Å². The van der Waals surface area contributed by atoms with Crippen LogP contribution in [0.5, 0.6) is 0 Å². The summed E-state index contributed by atoms with van der Waals surface area (Å²) in [5.41, 5.74) is 0.348. The van der Waals surface area contributed by atoms with Gasteiger partial charge in [-0.3, -0.25) is 4.79 Å². The molecule has 0 radical (unpaired) electrons. The Hall–Kier alpha value is -1.57. The first-order valence-electron chi connectivity index (χ1n) is 8.16. The van der Waals surface area contributed by atoms with Crippen molar-refractivity contribution in [1.29, 1.82) is 0 Å². The highest BCUT2D eigenvalue weighted by Gasteiger charge is 2.04. The van der Waals surface area contributed by atoms with Crippen molar-refractivity contribution in [3.63, 3.8) is 0 Å². The fraction of sp³-hybridized carbons (Fsp3) is 0.400. The summed E-state index contributed by atoms with van der Waals surface area (Å²) in [6, 6.07) is 8.26. The standard InChI is InChI=1S/C15H20O2/c1-3-4-6-11-14(17-2)12-15(16)13-9-7-5-8-10-13/h5,7-10,12H,3-4,6,11H2,1-2H3/b14-12+/i2D3,11D2. The molecule has 0 aliphatic carbocycles. The molecule has 1 aromatic rings. The number of carbonyl (C=O) groups is 1. The smallest absolute Gasteiger partial charge is 0.189 e. The molecule has 0 aromatic heterocycles. The van der Waals surface area contributed by atoms with Gasteiger partial charge in [-0.25, -0.2) is 0 Å². The average Bonchev–Trinajstić information content (AvgIpc) is 2.44. The molecule has 2 nitrogen and oxygen atoms in total. The molecule has 0 aliphatic rings. The van der Waals surface area contributed by atoms with Gasteiger partial charge in [-0.05, 0) is 6.42 Å². The monoisotopic (exact) mass is 237 g/mol. The molecule has 0 unspecified atom stereocenters. The number of ether oxygens (including phenoxy) is 1. The second-order valence-electron chi connectivity index (χ2n) is 3.62. The van der Waals surface area contributed by atoms with Gasteiger partial charge in [0, 0.05) is 20.8 Å². The van der Waals surface area contributed by atoms with Crippen LogP contribution in [0.3, 0.4) is 0 Å². The van der Waals surface area contributed by atoms with Crippen LogP contribution in [-0.4, -0.2) is 12.8 Å². The van der Waals surface area contributed by atoms with Gasteiger partial charge in [0.2, 0.25) is 0 Å². The summed E-state index contributed by atoms with van der Waals surface area (Å²) < 4.78 is 42.2. The lowest BCUT2D eigenvalue weighted by molar-refractivity contribution is 0.104.